The van der Waals surface area contributed by atoms with Crippen LogP contribution >= 0.6 is 23.2 Å². The van der Waals surface area contributed by atoms with Crippen molar-refractivity contribution in [1.82, 2.24) is 5.32 Å². The maximum absolute atomic E-state index is 14.0. The minimum absolute atomic E-state index is 0.226. The van der Waals surface area contributed by atoms with Gasteiger partial charge in [0.2, 0.25) is 0 Å². The van der Waals surface area contributed by atoms with Crippen LogP contribution in [0.5, 0.6) is 11.5 Å². The molecule has 2 aromatic carbocycles. The van der Waals surface area contributed by atoms with E-state index < -0.39 is 5.82 Å². The van der Waals surface area contributed by atoms with Gasteiger partial charge in [-0.05, 0) is 31.0 Å². The number of rotatable bonds is 5. The SMILES string of the molecule is Fc1cccc(CNC2CC2)c1Oc1ccc(Cl)c(Cl)c1. The summed E-state index contributed by atoms with van der Waals surface area (Å²) in [5.74, 6) is 0.294. The maximum atomic E-state index is 14.0. The summed E-state index contributed by atoms with van der Waals surface area (Å²) in [5.41, 5.74) is 0.785. The molecule has 0 aromatic heterocycles. The van der Waals surface area contributed by atoms with Crippen LogP contribution in [0.3, 0.4) is 0 Å². The van der Waals surface area contributed by atoms with Gasteiger partial charge in [-0.2, -0.15) is 0 Å². The number of ether oxygens (including phenoxy) is 1. The Hall–Kier alpha value is -1.29. The molecule has 1 aliphatic rings. The Balaban J connectivity index is 1.83. The van der Waals surface area contributed by atoms with Gasteiger partial charge in [0.25, 0.3) is 0 Å². The zero-order valence-electron chi connectivity index (χ0n) is 11.2. The van der Waals surface area contributed by atoms with Gasteiger partial charge in [0.05, 0.1) is 10.0 Å². The molecule has 5 heteroatoms. The van der Waals surface area contributed by atoms with Crippen molar-refractivity contribution in [3.63, 3.8) is 0 Å². The molecule has 3 rings (SSSR count). The highest BCUT2D eigenvalue weighted by molar-refractivity contribution is 6.42. The summed E-state index contributed by atoms with van der Waals surface area (Å²) in [4.78, 5) is 0. The molecule has 0 amide bonds. The van der Waals surface area contributed by atoms with Crippen LogP contribution in [0.25, 0.3) is 0 Å². The second kappa shape index (κ2) is 6.22. The van der Waals surface area contributed by atoms with Gasteiger partial charge >= 0.3 is 0 Å². The summed E-state index contributed by atoms with van der Waals surface area (Å²) in [6, 6.07) is 10.3. The molecule has 1 fully saturated rings. The summed E-state index contributed by atoms with van der Waals surface area (Å²) in [6.45, 7) is 0.582. The molecule has 0 bridgehead atoms. The van der Waals surface area contributed by atoms with Crippen molar-refractivity contribution >= 4 is 23.2 Å². The van der Waals surface area contributed by atoms with E-state index in [1.165, 1.54) is 18.9 Å². The van der Waals surface area contributed by atoms with E-state index in [1.54, 1.807) is 24.3 Å². The van der Waals surface area contributed by atoms with Crippen LogP contribution in [0.1, 0.15) is 18.4 Å². The van der Waals surface area contributed by atoms with Gasteiger partial charge in [-0.3, -0.25) is 0 Å². The summed E-state index contributed by atoms with van der Waals surface area (Å²) in [5, 5.41) is 4.17. The normalized spacial score (nSPS) is 14.2. The molecule has 110 valence electrons. The molecular formula is C16H14Cl2FNO. The number of para-hydroxylation sites is 1. The smallest absolute Gasteiger partial charge is 0.167 e. The zero-order chi connectivity index (χ0) is 14.8. The van der Waals surface area contributed by atoms with Gasteiger partial charge in [0.15, 0.2) is 11.6 Å². The molecule has 1 aliphatic carbocycles. The molecule has 1 saturated carbocycles. The molecule has 0 atom stereocenters. The van der Waals surface area contributed by atoms with Gasteiger partial charge < -0.3 is 10.1 Å². The van der Waals surface area contributed by atoms with Crippen molar-refractivity contribution in [1.29, 1.82) is 0 Å². The van der Waals surface area contributed by atoms with Gasteiger partial charge in [-0.25, -0.2) is 4.39 Å². The van der Waals surface area contributed by atoms with Gasteiger partial charge in [0, 0.05) is 24.2 Å². The molecule has 0 unspecified atom stereocenters. The average molecular weight is 326 g/mol. The lowest BCUT2D eigenvalue weighted by Gasteiger charge is -2.13. The Labute approximate surface area is 132 Å². The van der Waals surface area contributed by atoms with E-state index >= 15 is 0 Å². The van der Waals surface area contributed by atoms with E-state index in [0.29, 0.717) is 28.4 Å². The van der Waals surface area contributed by atoms with Crippen LogP contribution in [0.15, 0.2) is 36.4 Å². The Morgan fingerprint density at radius 2 is 1.95 bits per heavy atom. The lowest BCUT2D eigenvalue weighted by molar-refractivity contribution is 0.433. The van der Waals surface area contributed by atoms with E-state index in [-0.39, 0.29) is 5.75 Å². The van der Waals surface area contributed by atoms with E-state index in [0.717, 1.165) is 5.56 Å². The fourth-order valence-corrected chi connectivity index (χ4v) is 2.30. The zero-order valence-corrected chi connectivity index (χ0v) is 12.7. The van der Waals surface area contributed by atoms with Crippen molar-refractivity contribution < 1.29 is 9.13 Å². The fraction of sp³-hybridized carbons (Fsp3) is 0.250. The second-order valence-electron chi connectivity index (χ2n) is 5.06. The summed E-state index contributed by atoms with van der Waals surface area (Å²) >= 11 is 11.8. The molecule has 0 heterocycles. The summed E-state index contributed by atoms with van der Waals surface area (Å²) in [6.07, 6.45) is 2.36. The van der Waals surface area contributed by atoms with Gasteiger partial charge in [-0.15, -0.1) is 0 Å². The first-order valence-corrected chi connectivity index (χ1v) is 7.53. The largest absolute Gasteiger partial charge is 0.454 e. The number of nitrogens with one attached hydrogen (secondary N) is 1. The molecule has 2 nitrogen and oxygen atoms in total. The minimum Gasteiger partial charge on any atom is -0.454 e. The maximum Gasteiger partial charge on any atom is 0.167 e. The highest BCUT2D eigenvalue weighted by Crippen LogP contribution is 2.33. The van der Waals surface area contributed by atoms with Crippen LogP contribution in [0.2, 0.25) is 10.0 Å². The van der Waals surface area contributed by atoms with Crippen molar-refractivity contribution in [2.45, 2.75) is 25.4 Å². The molecule has 21 heavy (non-hydrogen) atoms. The predicted molar refractivity (Wildman–Crippen MR) is 82.8 cm³/mol. The number of benzene rings is 2. The Kier molecular flexibility index (Phi) is 4.34. The molecule has 0 spiro atoms. The predicted octanol–water partition coefficient (Wildman–Crippen LogP) is 5.18. The molecule has 0 saturated heterocycles. The quantitative estimate of drug-likeness (QED) is 0.818. The van der Waals surface area contributed by atoms with Crippen molar-refractivity contribution in [3.05, 3.63) is 57.8 Å². The third-order valence-corrected chi connectivity index (χ3v) is 4.06. The van der Waals surface area contributed by atoms with Crippen molar-refractivity contribution in [2.24, 2.45) is 0 Å². The van der Waals surface area contributed by atoms with Crippen LogP contribution in [0.4, 0.5) is 4.39 Å². The fourth-order valence-electron chi connectivity index (χ4n) is 2.01. The molecule has 0 aliphatic heterocycles. The van der Waals surface area contributed by atoms with Crippen LogP contribution in [-0.4, -0.2) is 6.04 Å². The number of hydrogen-bond donors (Lipinski definition) is 1. The molecule has 2 aromatic rings. The molecule has 0 radical (unpaired) electrons. The van der Waals surface area contributed by atoms with Crippen LogP contribution in [0, 0.1) is 5.82 Å². The standard InChI is InChI=1S/C16H14Cl2FNO/c17-13-7-6-12(8-14(13)18)21-16-10(2-1-3-15(16)19)9-20-11-4-5-11/h1-3,6-8,11,20H,4-5,9H2. The van der Waals surface area contributed by atoms with Crippen molar-refractivity contribution in [3.8, 4) is 11.5 Å². The topological polar surface area (TPSA) is 21.3 Å². The first kappa shape index (κ1) is 14.6. The molecule has 1 N–H and O–H groups in total. The average Bonchev–Trinajstić information content (AvgIpc) is 3.28. The second-order valence-corrected chi connectivity index (χ2v) is 5.88. The summed E-state index contributed by atoms with van der Waals surface area (Å²) < 4.78 is 19.7. The Morgan fingerprint density at radius 1 is 1.14 bits per heavy atom. The van der Waals surface area contributed by atoms with E-state index in [2.05, 4.69) is 5.32 Å². The summed E-state index contributed by atoms with van der Waals surface area (Å²) in [7, 11) is 0. The Bertz CT molecular complexity index is 659. The monoisotopic (exact) mass is 325 g/mol. The van der Waals surface area contributed by atoms with E-state index in [1.807, 2.05) is 6.07 Å². The van der Waals surface area contributed by atoms with E-state index in [4.69, 9.17) is 27.9 Å². The first-order valence-electron chi connectivity index (χ1n) is 6.77. The highest BCUT2D eigenvalue weighted by Gasteiger charge is 2.21. The first-order chi connectivity index (χ1) is 10.1. The lowest BCUT2D eigenvalue weighted by atomic mass is 10.2. The van der Waals surface area contributed by atoms with Crippen LogP contribution in [-0.2, 0) is 6.54 Å². The molecular weight excluding hydrogens is 312 g/mol. The number of halogens is 3. The van der Waals surface area contributed by atoms with Gasteiger partial charge in [0.1, 0.15) is 5.75 Å². The lowest BCUT2D eigenvalue weighted by Crippen LogP contribution is -2.16. The van der Waals surface area contributed by atoms with Crippen LogP contribution < -0.4 is 10.1 Å². The van der Waals surface area contributed by atoms with E-state index in [9.17, 15) is 4.39 Å². The Morgan fingerprint density at radius 3 is 2.67 bits per heavy atom. The third kappa shape index (κ3) is 3.67. The highest BCUT2D eigenvalue weighted by atomic mass is 35.5. The number of hydrogen-bond acceptors (Lipinski definition) is 2. The third-order valence-electron chi connectivity index (χ3n) is 3.32. The van der Waals surface area contributed by atoms with Gasteiger partial charge in [-0.1, -0.05) is 35.3 Å². The minimum atomic E-state index is -0.392. The van der Waals surface area contributed by atoms with Crippen molar-refractivity contribution in [2.75, 3.05) is 0 Å².